The SMILES string of the molecule is CNc1ncnc2c1Cc1nc(Oc3cnc(C)nc3)nc(N3CC(N)C4(CC4)C3)c1-2. The summed E-state index contributed by atoms with van der Waals surface area (Å²) in [4.78, 5) is 29.2. The average Bonchev–Trinajstić information content (AvgIpc) is 3.35. The fourth-order valence-corrected chi connectivity index (χ4v) is 4.68. The Morgan fingerprint density at radius 2 is 1.97 bits per heavy atom. The normalized spacial score (nSPS) is 20.0. The summed E-state index contributed by atoms with van der Waals surface area (Å²) in [5.41, 5.74) is 10.4. The molecule has 0 amide bonds. The first-order valence-electron chi connectivity index (χ1n) is 10.5. The van der Waals surface area contributed by atoms with E-state index in [1.54, 1.807) is 18.7 Å². The zero-order chi connectivity index (χ0) is 21.2. The maximum atomic E-state index is 6.50. The molecule has 1 spiro atoms. The molecule has 4 heterocycles. The van der Waals surface area contributed by atoms with Crippen LogP contribution in [0.15, 0.2) is 18.7 Å². The van der Waals surface area contributed by atoms with Crippen molar-refractivity contribution in [2.75, 3.05) is 30.4 Å². The third-order valence-corrected chi connectivity index (χ3v) is 6.58. The zero-order valence-corrected chi connectivity index (χ0v) is 17.5. The van der Waals surface area contributed by atoms with E-state index < -0.39 is 0 Å². The first-order chi connectivity index (χ1) is 15.1. The Morgan fingerprint density at radius 3 is 2.68 bits per heavy atom. The summed E-state index contributed by atoms with van der Waals surface area (Å²) in [5.74, 6) is 2.81. The van der Waals surface area contributed by atoms with Gasteiger partial charge >= 0.3 is 6.01 Å². The lowest BCUT2D eigenvalue weighted by Crippen LogP contribution is -2.30. The summed E-state index contributed by atoms with van der Waals surface area (Å²) >= 11 is 0. The Balaban J connectivity index is 1.46. The first-order valence-corrected chi connectivity index (χ1v) is 10.5. The van der Waals surface area contributed by atoms with E-state index in [0.717, 1.165) is 47.2 Å². The number of fused-ring (bicyclic) bond motifs is 3. The highest BCUT2D eigenvalue weighted by Gasteiger charge is 2.54. The Kier molecular flexibility index (Phi) is 3.88. The maximum absolute atomic E-state index is 6.50. The molecule has 1 saturated carbocycles. The van der Waals surface area contributed by atoms with Crippen LogP contribution in [0.1, 0.15) is 29.9 Å². The van der Waals surface area contributed by atoms with E-state index in [0.29, 0.717) is 18.0 Å². The molecule has 0 radical (unpaired) electrons. The van der Waals surface area contributed by atoms with Gasteiger partial charge in [0.25, 0.3) is 0 Å². The Morgan fingerprint density at radius 1 is 1.16 bits per heavy atom. The lowest BCUT2D eigenvalue weighted by atomic mass is 10.0. The maximum Gasteiger partial charge on any atom is 0.324 e. The first kappa shape index (κ1) is 18.4. The Hall–Kier alpha value is -3.40. The molecule has 1 saturated heterocycles. The van der Waals surface area contributed by atoms with Crippen molar-refractivity contribution in [2.45, 2.75) is 32.2 Å². The molecule has 10 heteroatoms. The Labute approximate surface area is 179 Å². The number of rotatable bonds is 4. The van der Waals surface area contributed by atoms with E-state index in [4.69, 9.17) is 20.4 Å². The van der Waals surface area contributed by atoms with E-state index in [2.05, 4.69) is 30.2 Å². The number of anilines is 2. The van der Waals surface area contributed by atoms with Crippen LogP contribution in [0.4, 0.5) is 11.6 Å². The van der Waals surface area contributed by atoms with Crippen molar-refractivity contribution in [2.24, 2.45) is 11.1 Å². The molecule has 0 bridgehead atoms. The summed E-state index contributed by atoms with van der Waals surface area (Å²) < 4.78 is 5.95. The summed E-state index contributed by atoms with van der Waals surface area (Å²) in [6.07, 6.45) is 7.79. The lowest BCUT2D eigenvalue weighted by molar-refractivity contribution is 0.435. The standard InChI is InChI=1S/C21H23N9O/c1-11-24-6-12(7-25-11)31-20-28-14-5-13-17(26-10-27-18(13)23-2)16(14)19(29-20)30-8-15(22)21(9-30)3-4-21/h6-7,10,15H,3-5,8-9,22H2,1-2H3,(H,23,26,27). The Bertz CT molecular complexity index is 1180. The van der Waals surface area contributed by atoms with E-state index in [9.17, 15) is 0 Å². The minimum Gasteiger partial charge on any atom is -0.421 e. The third kappa shape index (κ3) is 2.89. The van der Waals surface area contributed by atoms with Crippen LogP contribution in [-0.2, 0) is 6.42 Å². The number of nitrogens with one attached hydrogen (secondary N) is 1. The molecule has 1 aliphatic heterocycles. The quantitative estimate of drug-likeness (QED) is 0.506. The molecule has 3 aromatic rings. The molecule has 3 N–H and O–H groups in total. The third-order valence-electron chi connectivity index (χ3n) is 6.58. The van der Waals surface area contributed by atoms with Crippen molar-refractivity contribution in [3.8, 4) is 23.0 Å². The van der Waals surface area contributed by atoms with Crippen molar-refractivity contribution in [3.05, 3.63) is 35.8 Å². The van der Waals surface area contributed by atoms with Crippen LogP contribution in [0, 0.1) is 12.3 Å². The zero-order valence-electron chi connectivity index (χ0n) is 17.5. The smallest absolute Gasteiger partial charge is 0.324 e. The largest absolute Gasteiger partial charge is 0.421 e. The van der Waals surface area contributed by atoms with Gasteiger partial charge in [0.15, 0.2) is 5.75 Å². The second-order valence-electron chi connectivity index (χ2n) is 8.55. The van der Waals surface area contributed by atoms with Gasteiger partial charge in [-0.3, -0.25) is 0 Å². The molecule has 31 heavy (non-hydrogen) atoms. The molecule has 3 aliphatic rings. The number of hydrogen-bond acceptors (Lipinski definition) is 10. The van der Waals surface area contributed by atoms with E-state index in [1.165, 1.54) is 12.8 Å². The highest BCUT2D eigenvalue weighted by atomic mass is 16.5. The number of nitrogens with zero attached hydrogens (tertiary/aromatic N) is 7. The highest BCUT2D eigenvalue weighted by molar-refractivity contribution is 5.85. The van der Waals surface area contributed by atoms with Crippen molar-refractivity contribution in [1.29, 1.82) is 0 Å². The fourth-order valence-electron chi connectivity index (χ4n) is 4.68. The number of ether oxygens (including phenoxy) is 1. The monoisotopic (exact) mass is 417 g/mol. The van der Waals surface area contributed by atoms with E-state index >= 15 is 0 Å². The van der Waals surface area contributed by atoms with E-state index in [-0.39, 0.29) is 17.5 Å². The summed E-state index contributed by atoms with van der Waals surface area (Å²) in [6, 6.07) is 0.422. The van der Waals surface area contributed by atoms with Gasteiger partial charge in [-0.25, -0.2) is 19.9 Å². The van der Waals surface area contributed by atoms with Crippen LogP contribution in [0.3, 0.4) is 0 Å². The molecule has 10 nitrogen and oxygen atoms in total. The molecular formula is C21H23N9O. The van der Waals surface area contributed by atoms with Crippen molar-refractivity contribution in [3.63, 3.8) is 0 Å². The van der Waals surface area contributed by atoms with Gasteiger partial charge < -0.3 is 20.7 Å². The van der Waals surface area contributed by atoms with Gasteiger partial charge in [0, 0.05) is 43.6 Å². The predicted molar refractivity (Wildman–Crippen MR) is 114 cm³/mol. The average molecular weight is 417 g/mol. The van der Waals surface area contributed by atoms with Gasteiger partial charge in [0.05, 0.1) is 29.3 Å². The summed E-state index contributed by atoms with van der Waals surface area (Å²) in [5, 5.41) is 3.16. The molecular weight excluding hydrogens is 394 g/mol. The number of aryl methyl sites for hydroxylation is 1. The van der Waals surface area contributed by atoms with Crippen LogP contribution in [0.2, 0.25) is 0 Å². The molecule has 2 aliphatic carbocycles. The van der Waals surface area contributed by atoms with Gasteiger partial charge in [-0.05, 0) is 19.8 Å². The number of nitrogens with two attached hydrogens (primary N) is 1. The second-order valence-corrected chi connectivity index (χ2v) is 8.55. The second kappa shape index (κ2) is 6.55. The molecule has 3 aromatic heterocycles. The topological polar surface area (TPSA) is 128 Å². The summed E-state index contributed by atoms with van der Waals surface area (Å²) in [6.45, 7) is 3.48. The molecule has 2 fully saturated rings. The lowest BCUT2D eigenvalue weighted by Gasteiger charge is -2.21. The van der Waals surface area contributed by atoms with Crippen LogP contribution in [0.25, 0.3) is 11.3 Å². The fraction of sp³-hybridized carbons (Fsp3) is 0.429. The minimum absolute atomic E-state index is 0.145. The van der Waals surface area contributed by atoms with Crippen LogP contribution >= 0.6 is 0 Å². The molecule has 6 rings (SSSR count). The van der Waals surface area contributed by atoms with Crippen molar-refractivity contribution >= 4 is 11.6 Å². The molecule has 158 valence electrons. The summed E-state index contributed by atoms with van der Waals surface area (Å²) in [7, 11) is 1.86. The van der Waals surface area contributed by atoms with Gasteiger partial charge in [0.2, 0.25) is 0 Å². The van der Waals surface area contributed by atoms with Crippen LogP contribution in [0.5, 0.6) is 11.8 Å². The molecule has 1 atom stereocenters. The van der Waals surface area contributed by atoms with Crippen LogP contribution < -0.4 is 20.7 Å². The number of hydrogen-bond donors (Lipinski definition) is 2. The van der Waals surface area contributed by atoms with Crippen molar-refractivity contribution in [1.82, 2.24) is 29.9 Å². The number of aromatic nitrogens is 6. The highest BCUT2D eigenvalue weighted by Crippen LogP contribution is 2.54. The van der Waals surface area contributed by atoms with Gasteiger partial charge in [-0.2, -0.15) is 9.97 Å². The van der Waals surface area contributed by atoms with Gasteiger partial charge in [0.1, 0.15) is 23.8 Å². The van der Waals surface area contributed by atoms with E-state index in [1.807, 2.05) is 14.0 Å². The molecule has 1 unspecified atom stereocenters. The predicted octanol–water partition coefficient (Wildman–Crippen LogP) is 1.70. The van der Waals surface area contributed by atoms with Crippen LogP contribution in [-0.4, -0.2) is 56.1 Å². The minimum atomic E-state index is 0.145. The van der Waals surface area contributed by atoms with Crippen molar-refractivity contribution < 1.29 is 4.74 Å². The van der Waals surface area contributed by atoms with Gasteiger partial charge in [-0.15, -0.1) is 0 Å². The molecule has 0 aromatic carbocycles. The van der Waals surface area contributed by atoms with Gasteiger partial charge in [-0.1, -0.05) is 0 Å².